The molecule has 2 heterocycles. The van der Waals surface area contributed by atoms with Gasteiger partial charge in [-0.05, 0) is 109 Å². The van der Waals surface area contributed by atoms with Crippen LogP contribution in [0.3, 0.4) is 0 Å². The Bertz CT molecular complexity index is 3800. The van der Waals surface area contributed by atoms with Gasteiger partial charge in [0.25, 0.3) is 0 Å². The maximum Gasteiger partial charge on any atom is 0.160 e. The number of rotatable bonds is 8. The Kier molecular flexibility index (Phi) is 9.62. The average Bonchev–Trinajstić information content (AvgIpc) is 3.95. The number of hydrogen-bond acceptors (Lipinski definition) is 3. The molecule has 3 heteroatoms. The van der Waals surface area contributed by atoms with Gasteiger partial charge < -0.3 is 0 Å². The van der Waals surface area contributed by atoms with Gasteiger partial charge in [0.1, 0.15) is 0 Å². The Morgan fingerprint density at radius 2 is 0.809 bits per heavy atom. The van der Waals surface area contributed by atoms with E-state index >= 15 is 0 Å². The van der Waals surface area contributed by atoms with Crippen LogP contribution in [0.5, 0.6) is 0 Å². The number of fused-ring (bicyclic) bond motifs is 6. The zero-order valence-electron chi connectivity index (χ0n) is 37.1. The molecule has 318 valence electrons. The molecular formula is C65H42N2S. The van der Waals surface area contributed by atoms with E-state index in [1.54, 1.807) is 0 Å². The Morgan fingerprint density at radius 3 is 1.56 bits per heavy atom. The third kappa shape index (κ3) is 6.62. The SMILES string of the molecule is c1ccc(-c2cc(-c3ccc4c(c3)-c3ccccc3C4(c3ccccc3)c3ccccc3)cc(-c3cc(-c4cccc(-c5cccc6c5sc5ccccc56)c4)nc(-c4ccccc4)n3)c2)cc1. The van der Waals surface area contributed by atoms with Crippen molar-refractivity contribution in [3.63, 3.8) is 0 Å². The van der Waals surface area contributed by atoms with Gasteiger partial charge in [0, 0.05) is 36.9 Å². The summed E-state index contributed by atoms with van der Waals surface area (Å²) < 4.78 is 2.60. The van der Waals surface area contributed by atoms with Crippen molar-refractivity contribution in [1.29, 1.82) is 0 Å². The first-order valence-corrected chi connectivity index (χ1v) is 24.0. The molecule has 0 saturated heterocycles. The molecule has 0 unspecified atom stereocenters. The molecule has 10 aromatic carbocycles. The Labute approximate surface area is 400 Å². The normalized spacial score (nSPS) is 12.5. The third-order valence-corrected chi connectivity index (χ3v) is 15.0. The number of nitrogens with zero attached hydrogens (tertiary/aromatic N) is 2. The fourth-order valence-electron chi connectivity index (χ4n) is 10.6. The van der Waals surface area contributed by atoms with Crippen molar-refractivity contribution in [3.8, 4) is 78.4 Å². The molecule has 68 heavy (non-hydrogen) atoms. The van der Waals surface area contributed by atoms with Gasteiger partial charge in [0.05, 0.1) is 16.8 Å². The summed E-state index contributed by atoms with van der Waals surface area (Å²) in [6, 6.07) is 92.5. The number of thiophene rings is 1. The average molecular weight is 883 g/mol. The van der Waals surface area contributed by atoms with Crippen LogP contribution in [0.2, 0.25) is 0 Å². The molecule has 0 N–H and O–H groups in total. The summed E-state index contributed by atoms with van der Waals surface area (Å²) in [5, 5.41) is 2.59. The monoisotopic (exact) mass is 882 g/mol. The zero-order chi connectivity index (χ0) is 45.0. The summed E-state index contributed by atoms with van der Waals surface area (Å²) in [4.78, 5) is 10.7. The van der Waals surface area contributed by atoms with Crippen LogP contribution in [0.1, 0.15) is 22.3 Å². The van der Waals surface area contributed by atoms with Gasteiger partial charge in [0.2, 0.25) is 0 Å². The number of aromatic nitrogens is 2. The highest BCUT2D eigenvalue weighted by Crippen LogP contribution is 2.57. The number of hydrogen-bond donors (Lipinski definition) is 0. The van der Waals surface area contributed by atoms with E-state index in [-0.39, 0.29) is 0 Å². The maximum atomic E-state index is 5.38. The van der Waals surface area contributed by atoms with E-state index in [1.165, 1.54) is 59.1 Å². The second-order valence-corrected chi connectivity index (χ2v) is 18.7. The van der Waals surface area contributed by atoms with Crippen molar-refractivity contribution in [2.75, 3.05) is 0 Å². The molecule has 0 bridgehead atoms. The minimum atomic E-state index is -0.461. The number of benzene rings is 10. The molecule has 0 radical (unpaired) electrons. The van der Waals surface area contributed by atoms with Crippen LogP contribution in [0.4, 0.5) is 0 Å². The maximum absolute atomic E-state index is 5.38. The van der Waals surface area contributed by atoms with Crippen LogP contribution >= 0.6 is 11.3 Å². The highest BCUT2D eigenvalue weighted by Gasteiger charge is 2.46. The molecular weight excluding hydrogens is 841 g/mol. The molecule has 13 rings (SSSR count). The van der Waals surface area contributed by atoms with Gasteiger partial charge in [-0.1, -0.05) is 212 Å². The lowest BCUT2D eigenvalue weighted by molar-refractivity contribution is 0.768. The van der Waals surface area contributed by atoms with E-state index in [4.69, 9.17) is 9.97 Å². The molecule has 0 aliphatic heterocycles. The zero-order valence-corrected chi connectivity index (χ0v) is 37.9. The van der Waals surface area contributed by atoms with Gasteiger partial charge >= 0.3 is 0 Å². The van der Waals surface area contributed by atoms with E-state index in [2.05, 4.69) is 249 Å². The van der Waals surface area contributed by atoms with Crippen LogP contribution in [0.25, 0.3) is 98.6 Å². The van der Waals surface area contributed by atoms with E-state index in [0.29, 0.717) is 5.82 Å². The molecule has 0 atom stereocenters. The highest BCUT2D eigenvalue weighted by molar-refractivity contribution is 7.26. The largest absolute Gasteiger partial charge is 0.228 e. The van der Waals surface area contributed by atoms with Gasteiger partial charge in [0.15, 0.2) is 5.82 Å². The molecule has 1 aliphatic carbocycles. The van der Waals surface area contributed by atoms with Crippen molar-refractivity contribution < 1.29 is 0 Å². The van der Waals surface area contributed by atoms with Crippen LogP contribution in [0.15, 0.2) is 255 Å². The van der Waals surface area contributed by atoms with Crippen LogP contribution < -0.4 is 0 Å². The van der Waals surface area contributed by atoms with Crippen LogP contribution in [0, 0.1) is 0 Å². The van der Waals surface area contributed by atoms with Crippen molar-refractivity contribution in [1.82, 2.24) is 9.97 Å². The first-order valence-electron chi connectivity index (χ1n) is 23.2. The predicted octanol–water partition coefficient (Wildman–Crippen LogP) is 17.2. The van der Waals surface area contributed by atoms with Gasteiger partial charge in [-0.15, -0.1) is 11.3 Å². The minimum absolute atomic E-state index is 0.461. The standard InChI is InChI=1S/C65H42N2S/c1-5-19-43(20-6-1)48-38-49(45-35-36-59-57(41-45)54-29-13-15-33-58(54)65(59,51-25-9-3-10-26-51)52-27-11-4-12-28-52)40-50(39-48)61-42-60(66-64(67-61)44-21-7-2-8-22-44)47-24-17-23-46(37-47)53-31-18-32-56-55-30-14-16-34-62(55)68-63(53)56/h1-42H. The predicted molar refractivity (Wildman–Crippen MR) is 285 cm³/mol. The molecule has 2 nitrogen and oxygen atoms in total. The van der Waals surface area contributed by atoms with E-state index < -0.39 is 5.41 Å². The van der Waals surface area contributed by atoms with E-state index in [9.17, 15) is 0 Å². The Morgan fingerprint density at radius 1 is 0.294 bits per heavy atom. The van der Waals surface area contributed by atoms with Crippen molar-refractivity contribution in [2.45, 2.75) is 5.41 Å². The fourth-order valence-corrected chi connectivity index (χ4v) is 11.9. The van der Waals surface area contributed by atoms with Gasteiger partial charge in [-0.2, -0.15) is 0 Å². The van der Waals surface area contributed by atoms with Crippen molar-refractivity contribution in [2.24, 2.45) is 0 Å². The quantitative estimate of drug-likeness (QED) is 0.152. The van der Waals surface area contributed by atoms with Gasteiger partial charge in [-0.25, -0.2) is 9.97 Å². The summed E-state index contributed by atoms with van der Waals surface area (Å²) >= 11 is 1.86. The fraction of sp³-hybridized carbons (Fsp3) is 0.0154. The lowest BCUT2D eigenvalue weighted by atomic mass is 9.67. The lowest BCUT2D eigenvalue weighted by Crippen LogP contribution is -2.28. The topological polar surface area (TPSA) is 25.8 Å². The second-order valence-electron chi connectivity index (χ2n) is 17.6. The van der Waals surface area contributed by atoms with E-state index in [1.807, 2.05) is 17.4 Å². The molecule has 0 saturated carbocycles. The first kappa shape index (κ1) is 39.8. The summed E-state index contributed by atoms with van der Waals surface area (Å²) in [7, 11) is 0. The van der Waals surface area contributed by atoms with Crippen LogP contribution in [-0.2, 0) is 5.41 Å². The van der Waals surface area contributed by atoms with Crippen LogP contribution in [-0.4, -0.2) is 9.97 Å². The molecule has 2 aromatic heterocycles. The summed E-state index contributed by atoms with van der Waals surface area (Å²) in [5.74, 6) is 0.689. The Hall–Kier alpha value is -8.50. The molecule has 0 fully saturated rings. The highest BCUT2D eigenvalue weighted by atomic mass is 32.1. The van der Waals surface area contributed by atoms with Crippen molar-refractivity contribution >= 4 is 31.5 Å². The smallest absolute Gasteiger partial charge is 0.160 e. The Balaban J connectivity index is 0.991. The molecule has 12 aromatic rings. The molecule has 1 aliphatic rings. The first-order chi connectivity index (χ1) is 33.7. The summed E-state index contributed by atoms with van der Waals surface area (Å²) in [6.45, 7) is 0. The molecule has 0 spiro atoms. The third-order valence-electron chi connectivity index (χ3n) is 13.8. The summed E-state index contributed by atoms with van der Waals surface area (Å²) in [6.07, 6.45) is 0. The molecule has 0 amide bonds. The minimum Gasteiger partial charge on any atom is -0.228 e. The van der Waals surface area contributed by atoms with E-state index in [0.717, 1.165) is 55.9 Å². The second kappa shape index (κ2) is 16.4. The van der Waals surface area contributed by atoms with Crippen molar-refractivity contribution in [3.05, 3.63) is 277 Å². The summed E-state index contributed by atoms with van der Waals surface area (Å²) in [5.41, 5.74) is 18.9. The van der Waals surface area contributed by atoms with Gasteiger partial charge in [-0.3, -0.25) is 0 Å². The lowest BCUT2D eigenvalue weighted by Gasteiger charge is -2.33.